The Labute approximate surface area is 184 Å². The van der Waals surface area contributed by atoms with Gasteiger partial charge in [0.2, 0.25) is 0 Å². The number of hydrogen-bond donors (Lipinski definition) is 1. The van der Waals surface area contributed by atoms with Crippen LogP contribution in [0.25, 0.3) is 10.1 Å². The van der Waals surface area contributed by atoms with Crippen molar-refractivity contribution in [3.8, 4) is 0 Å². The molecule has 2 aromatic carbocycles. The highest BCUT2D eigenvalue weighted by molar-refractivity contribution is 7.13. The van der Waals surface area contributed by atoms with Crippen molar-refractivity contribution >= 4 is 45.1 Å². The number of fused-ring (bicyclic) bond motifs is 1. The van der Waals surface area contributed by atoms with Crippen LogP contribution in [0.3, 0.4) is 0 Å². The average molecular weight is 438 g/mol. The molecule has 0 radical (unpaired) electrons. The number of hydrogen-bond acceptors (Lipinski definition) is 6. The number of carbonyl (C=O) groups is 3. The monoisotopic (exact) mass is 437 g/mol. The van der Waals surface area contributed by atoms with E-state index in [1.54, 1.807) is 36.1 Å². The highest BCUT2D eigenvalue weighted by atomic mass is 32.1. The number of esters is 1. The van der Waals surface area contributed by atoms with Gasteiger partial charge < -0.3 is 15.0 Å². The van der Waals surface area contributed by atoms with E-state index in [-0.39, 0.29) is 23.7 Å². The predicted molar refractivity (Wildman–Crippen MR) is 119 cm³/mol. The van der Waals surface area contributed by atoms with Crippen LogP contribution in [0.4, 0.5) is 5.69 Å². The van der Waals surface area contributed by atoms with E-state index in [0.717, 1.165) is 22.9 Å². The molecule has 2 amide bonds. The fourth-order valence-electron chi connectivity index (χ4n) is 3.73. The van der Waals surface area contributed by atoms with E-state index < -0.39 is 0 Å². The molecule has 1 aromatic heterocycles. The Morgan fingerprint density at radius 3 is 2.71 bits per heavy atom. The van der Waals surface area contributed by atoms with E-state index in [0.29, 0.717) is 36.6 Å². The number of likely N-dealkylation sites (tertiary alicyclic amines) is 1. The van der Waals surface area contributed by atoms with Gasteiger partial charge in [-0.1, -0.05) is 18.2 Å². The van der Waals surface area contributed by atoms with E-state index in [2.05, 4.69) is 9.69 Å². The first kappa shape index (κ1) is 21.0. The van der Waals surface area contributed by atoms with E-state index in [1.807, 2.05) is 24.3 Å². The molecular weight excluding hydrogens is 414 g/mol. The molecule has 1 N–H and O–H groups in total. The Balaban J connectivity index is 1.41. The lowest BCUT2D eigenvalue weighted by atomic mass is 9.97. The second-order valence-electron chi connectivity index (χ2n) is 7.40. The molecule has 1 aliphatic rings. The summed E-state index contributed by atoms with van der Waals surface area (Å²) in [4.78, 5) is 39.2. The van der Waals surface area contributed by atoms with Crippen molar-refractivity contribution in [3.63, 3.8) is 0 Å². The Bertz CT molecular complexity index is 1110. The van der Waals surface area contributed by atoms with Crippen LogP contribution in [0, 0.1) is 5.92 Å². The van der Waals surface area contributed by atoms with E-state index >= 15 is 0 Å². The average Bonchev–Trinajstić information content (AvgIpc) is 3.24. The Kier molecular flexibility index (Phi) is 6.27. The van der Waals surface area contributed by atoms with Gasteiger partial charge in [-0.15, -0.1) is 0 Å². The van der Waals surface area contributed by atoms with Crippen molar-refractivity contribution in [2.24, 2.45) is 5.92 Å². The van der Waals surface area contributed by atoms with Crippen LogP contribution in [0.1, 0.15) is 40.6 Å². The molecule has 7 nitrogen and oxygen atoms in total. The first-order valence-corrected chi connectivity index (χ1v) is 11.1. The minimum Gasteiger partial charge on any atom is -0.466 e. The molecule has 0 unspecified atom stereocenters. The number of ether oxygens (including phenoxy) is 1. The maximum absolute atomic E-state index is 12.9. The molecular formula is C23H23N3O4S. The first-order chi connectivity index (χ1) is 15.1. The minimum absolute atomic E-state index is 0.127. The lowest BCUT2D eigenvalue weighted by Gasteiger charge is -2.31. The standard InChI is InChI=1S/C23H23N3O4S/c1-2-30-23(29)16-6-5-13-26(14-16)22(28)15-9-11-17(12-10-15)24-21(27)20-18-7-3-4-8-19(18)31-25-20/h3-4,7-12,16H,2,5-6,13-14H2,1H3,(H,24,27)/t16-/m1/s1. The highest BCUT2D eigenvalue weighted by Crippen LogP contribution is 2.24. The Hall–Kier alpha value is -3.26. The topological polar surface area (TPSA) is 88.6 Å². The van der Waals surface area contributed by atoms with Crippen molar-refractivity contribution in [3.05, 3.63) is 59.8 Å². The van der Waals surface area contributed by atoms with Crippen LogP contribution < -0.4 is 5.32 Å². The summed E-state index contributed by atoms with van der Waals surface area (Å²) in [5.41, 5.74) is 1.49. The van der Waals surface area contributed by atoms with Crippen LogP contribution in [0.15, 0.2) is 48.5 Å². The number of rotatable bonds is 5. The number of piperidine rings is 1. The summed E-state index contributed by atoms with van der Waals surface area (Å²) >= 11 is 1.29. The largest absolute Gasteiger partial charge is 0.466 e. The summed E-state index contributed by atoms with van der Waals surface area (Å²) in [5.74, 6) is -0.932. The summed E-state index contributed by atoms with van der Waals surface area (Å²) in [6.45, 7) is 3.10. The number of carbonyl (C=O) groups excluding carboxylic acids is 3. The maximum Gasteiger partial charge on any atom is 0.310 e. The van der Waals surface area contributed by atoms with Gasteiger partial charge in [-0.05, 0) is 61.6 Å². The Morgan fingerprint density at radius 2 is 1.94 bits per heavy atom. The smallest absolute Gasteiger partial charge is 0.310 e. The molecule has 0 aliphatic carbocycles. The molecule has 1 fully saturated rings. The SMILES string of the molecule is CCOC(=O)[C@@H]1CCCN(C(=O)c2ccc(NC(=O)c3nsc4ccccc34)cc2)C1. The van der Waals surface area contributed by atoms with Crippen LogP contribution in [-0.4, -0.2) is 46.8 Å². The number of anilines is 1. The zero-order valence-electron chi connectivity index (χ0n) is 17.2. The number of nitrogens with one attached hydrogen (secondary N) is 1. The van der Waals surface area contributed by atoms with Gasteiger partial charge in [-0.25, -0.2) is 0 Å². The molecule has 8 heteroatoms. The van der Waals surface area contributed by atoms with E-state index in [4.69, 9.17) is 4.74 Å². The number of aromatic nitrogens is 1. The molecule has 1 aliphatic heterocycles. The van der Waals surface area contributed by atoms with Gasteiger partial charge in [-0.2, -0.15) is 4.37 Å². The van der Waals surface area contributed by atoms with Crippen molar-refractivity contribution in [2.45, 2.75) is 19.8 Å². The molecule has 1 atom stereocenters. The molecule has 4 rings (SSSR count). The third kappa shape index (κ3) is 4.59. The molecule has 0 spiro atoms. The van der Waals surface area contributed by atoms with Gasteiger partial charge in [0.25, 0.3) is 11.8 Å². The molecule has 3 aromatic rings. The number of amides is 2. The highest BCUT2D eigenvalue weighted by Gasteiger charge is 2.29. The van der Waals surface area contributed by atoms with Crippen molar-refractivity contribution in [1.29, 1.82) is 0 Å². The number of benzene rings is 2. The Morgan fingerprint density at radius 1 is 1.16 bits per heavy atom. The van der Waals surface area contributed by atoms with Crippen molar-refractivity contribution < 1.29 is 19.1 Å². The molecule has 0 bridgehead atoms. The van der Waals surface area contributed by atoms with Crippen LogP contribution in [0.2, 0.25) is 0 Å². The van der Waals surface area contributed by atoms with Gasteiger partial charge in [-0.3, -0.25) is 14.4 Å². The summed E-state index contributed by atoms with van der Waals surface area (Å²) in [6, 6.07) is 14.4. The lowest BCUT2D eigenvalue weighted by molar-refractivity contribution is -0.149. The molecule has 160 valence electrons. The van der Waals surface area contributed by atoms with Gasteiger partial charge in [0.05, 0.1) is 17.2 Å². The van der Waals surface area contributed by atoms with Crippen LogP contribution in [-0.2, 0) is 9.53 Å². The van der Waals surface area contributed by atoms with Gasteiger partial charge in [0.15, 0.2) is 0 Å². The first-order valence-electron chi connectivity index (χ1n) is 10.3. The normalized spacial score (nSPS) is 16.2. The lowest BCUT2D eigenvalue weighted by Crippen LogP contribution is -2.42. The summed E-state index contributed by atoms with van der Waals surface area (Å²) < 4.78 is 10.3. The number of nitrogens with zero attached hydrogens (tertiary/aromatic N) is 2. The summed E-state index contributed by atoms with van der Waals surface area (Å²) in [6.07, 6.45) is 1.50. The van der Waals surface area contributed by atoms with Gasteiger partial charge in [0.1, 0.15) is 5.69 Å². The quantitative estimate of drug-likeness (QED) is 0.611. The fraction of sp³-hybridized carbons (Fsp3) is 0.304. The molecule has 31 heavy (non-hydrogen) atoms. The van der Waals surface area contributed by atoms with Crippen LogP contribution >= 0.6 is 11.5 Å². The zero-order chi connectivity index (χ0) is 21.8. The fourth-order valence-corrected chi connectivity index (χ4v) is 4.51. The van der Waals surface area contributed by atoms with Crippen molar-refractivity contribution in [1.82, 2.24) is 9.27 Å². The third-order valence-corrected chi connectivity index (χ3v) is 6.14. The minimum atomic E-state index is -0.287. The van der Waals surface area contributed by atoms with Crippen molar-refractivity contribution in [2.75, 3.05) is 25.0 Å². The molecule has 0 saturated carbocycles. The third-order valence-electron chi connectivity index (χ3n) is 5.31. The second kappa shape index (κ2) is 9.26. The van der Waals surface area contributed by atoms with Gasteiger partial charge >= 0.3 is 5.97 Å². The molecule has 1 saturated heterocycles. The zero-order valence-corrected chi connectivity index (χ0v) is 18.0. The maximum atomic E-state index is 12.9. The summed E-state index contributed by atoms with van der Waals surface area (Å²) in [7, 11) is 0. The van der Waals surface area contributed by atoms with E-state index in [1.165, 1.54) is 11.5 Å². The van der Waals surface area contributed by atoms with Gasteiger partial charge in [0, 0.05) is 29.7 Å². The second-order valence-corrected chi connectivity index (χ2v) is 8.21. The molecule has 2 heterocycles. The van der Waals surface area contributed by atoms with Crippen LogP contribution in [0.5, 0.6) is 0 Å². The summed E-state index contributed by atoms with van der Waals surface area (Å²) in [5, 5.41) is 3.65. The van der Waals surface area contributed by atoms with E-state index in [9.17, 15) is 14.4 Å². The predicted octanol–water partition coefficient (Wildman–Crippen LogP) is 3.96.